The van der Waals surface area contributed by atoms with Gasteiger partial charge in [0, 0.05) is 38.9 Å². The summed E-state index contributed by atoms with van der Waals surface area (Å²) in [5, 5.41) is 16.0. The molecule has 0 unspecified atom stereocenters. The first-order valence-corrected chi connectivity index (χ1v) is 10.1. The third-order valence-corrected chi connectivity index (χ3v) is 5.14. The van der Waals surface area contributed by atoms with Gasteiger partial charge in [0.1, 0.15) is 18.2 Å². The molecule has 1 N–H and O–H groups in total. The van der Waals surface area contributed by atoms with E-state index < -0.39 is 0 Å². The number of aromatic nitrogens is 8. The molecule has 0 aliphatic heterocycles. The minimum Gasteiger partial charge on any atom is -0.373 e. The standard InChI is InChI=1S/C22H21N9O/c1-30-19(9-11-25-30)27-22-23-10-8-16(26-22)17-13-20-28-29-21(31(20)14-24-17)18(32-2)12-15-6-4-3-5-7-15/h3-11,13-14,18H,12H2,1-2H3,(H,23,26,27)/t18-/m1/s1. The number of ether oxygens (including phenoxy) is 1. The number of benzene rings is 1. The van der Waals surface area contributed by atoms with Crippen LogP contribution in [0.4, 0.5) is 11.8 Å². The Bertz CT molecular complexity index is 1350. The fourth-order valence-corrected chi connectivity index (χ4v) is 3.45. The summed E-state index contributed by atoms with van der Waals surface area (Å²) in [5.74, 6) is 1.94. The zero-order chi connectivity index (χ0) is 21.9. The number of hydrogen-bond acceptors (Lipinski definition) is 8. The van der Waals surface area contributed by atoms with Gasteiger partial charge in [0.25, 0.3) is 0 Å². The van der Waals surface area contributed by atoms with Gasteiger partial charge in [-0.3, -0.25) is 9.08 Å². The summed E-state index contributed by atoms with van der Waals surface area (Å²) in [4.78, 5) is 13.4. The predicted octanol–water partition coefficient (Wildman–Crippen LogP) is 2.99. The van der Waals surface area contributed by atoms with E-state index in [4.69, 9.17) is 4.74 Å². The molecule has 0 radical (unpaired) electrons. The van der Waals surface area contributed by atoms with Crippen molar-refractivity contribution in [2.45, 2.75) is 12.5 Å². The number of rotatable bonds is 7. The second kappa shape index (κ2) is 8.52. The van der Waals surface area contributed by atoms with E-state index in [1.165, 1.54) is 0 Å². The zero-order valence-corrected chi connectivity index (χ0v) is 17.6. The van der Waals surface area contributed by atoms with Crippen molar-refractivity contribution in [1.82, 2.24) is 39.3 Å². The molecule has 0 spiro atoms. The quantitative estimate of drug-likeness (QED) is 0.422. The predicted molar refractivity (Wildman–Crippen MR) is 118 cm³/mol. The van der Waals surface area contributed by atoms with Crippen LogP contribution >= 0.6 is 0 Å². The molecule has 160 valence electrons. The van der Waals surface area contributed by atoms with E-state index in [-0.39, 0.29) is 6.10 Å². The van der Waals surface area contributed by atoms with Crippen molar-refractivity contribution in [2.24, 2.45) is 7.05 Å². The van der Waals surface area contributed by atoms with Crippen LogP contribution in [-0.4, -0.2) is 46.4 Å². The lowest BCUT2D eigenvalue weighted by atomic mass is 10.1. The van der Waals surface area contributed by atoms with E-state index in [0.29, 0.717) is 35.2 Å². The molecule has 0 aliphatic carbocycles. The van der Waals surface area contributed by atoms with E-state index in [0.717, 1.165) is 11.4 Å². The Balaban J connectivity index is 1.42. The molecular weight excluding hydrogens is 406 g/mol. The van der Waals surface area contributed by atoms with Crippen molar-refractivity contribution >= 4 is 17.4 Å². The molecule has 0 saturated carbocycles. The minimum atomic E-state index is -0.242. The summed E-state index contributed by atoms with van der Waals surface area (Å²) >= 11 is 0. The van der Waals surface area contributed by atoms with E-state index in [1.807, 2.05) is 41.8 Å². The molecule has 5 aromatic rings. The molecule has 5 rings (SSSR count). The number of anilines is 2. The fourth-order valence-electron chi connectivity index (χ4n) is 3.45. The van der Waals surface area contributed by atoms with Gasteiger partial charge in [0.2, 0.25) is 5.95 Å². The van der Waals surface area contributed by atoms with Crippen LogP contribution in [0.25, 0.3) is 17.0 Å². The van der Waals surface area contributed by atoms with Crippen LogP contribution in [0.1, 0.15) is 17.5 Å². The number of fused-ring (bicyclic) bond motifs is 1. The van der Waals surface area contributed by atoms with E-state index in [9.17, 15) is 0 Å². The first-order chi connectivity index (χ1) is 15.7. The number of hydrogen-bond donors (Lipinski definition) is 1. The molecule has 0 fully saturated rings. The van der Waals surface area contributed by atoms with Gasteiger partial charge in [0.05, 0.1) is 17.6 Å². The lowest BCUT2D eigenvalue weighted by molar-refractivity contribution is 0.0951. The van der Waals surface area contributed by atoms with Gasteiger partial charge in [-0.1, -0.05) is 30.3 Å². The Morgan fingerprint density at radius 3 is 2.66 bits per heavy atom. The third kappa shape index (κ3) is 3.91. The summed E-state index contributed by atoms with van der Waals surface area (Å²) in [6.45, 7) is 0. The smallest absolute Gasteiger partial charge is 0.228 e. The number of nitrogens with one attached hydrogen (secondary N) is 1. The summed E-state index contributed by atoms with van der Waals surface area (Å²) in [5.41, 5.74) is 3.17. The topological polar surface area (TPSA) is 108 Å². The van der Waals surface area contributed by atoms with Gasteiger partial charge in [-0.2, -0.15) is 5.10 Å². The molecule has 0 saturated heterocycles. The summed E-state index contributed by atoms with van der Waals surface area (Å²) in [6.07, 6.45) is 5.54. The van der Waals surface area contributed by atoms with Crippen LogP contribution in [0.5, 0.6) is 0 Å². The highest BCUT2D eigenvalue weighted by Gasteiger charge is 2.19. The molecular formula is C22H21N9O. The maximum Gasteiger partial charge on any atom is 0.228 e. The number of aryl methyl sites for hydroxylation is 1. The Kier molecular flexibility index (Phi) is 5.26. The largest absolute Gasteiger partial charge is 0.373 e. The SMILES string of the molecule is CO[C@H](Cc1ccccc1)c1nnc2cc(-c3ccnc(Nc4ccnn4C)n3)ncn12. The van der Waals surface area contributed by atoms with Gasteiger partial charge < -0.3 is 10.1 Å². The third-order valence-electron chi connectivity index (χ3n) is 5.14. The number of methoxy groups -OCH3 is 1. The van der Waals surface area contributed by atoms with Crippen LogP contribution in [0, 0.1) is 0 Å². The lowest BCUT2D eigenvalue weighted by Gasteiger charge is -2.13. The molecule has 0 aliphatic rings. The van der Waals surface area contributed by atoms with Crippen molar-refractivity contribution in [2.75, 3.05) is 12.4 Å². The fraction of sp³-hybridized carbons (Fsp3) is 0.182. The molecule has 0 amide bonds. The van der Waals surface area contributed by atoms with Crippen LogP contribution < -0.4 is 5.32 Å². The monoisotopic (exact) mass is 427 g/mol. The molecule has 0 bridgehead atoms. The van der Waals surface area contributed by atoms with Crippen LogP contribution in [0.2, 0.25) is 0 Å². The molecule has 1 atom stereocenters. The highest BCUT2D eigenvalue weighted by molar-refractivity contribution is 5.61. The van der Waals surface area contributed by atoms with Crippen molar-refractivity contribution in [3.05, 3.63) is 78.6 Å². The van der Waals surface area contributed by atoms with Gasteiger partial charge in [-0.15, -0.1) is 10.2 Å². The molecule has 4 aromatic heterocycles. The maximum atomic E-state index is 5.71. The van der Waals surface area contributed by atoms with Gasteiger partial charge >= 0.3 is 0 Å². The number of nitrogens with zero attached hydrogens (tertiary/aromatic N) is 8. The van der Waals surface area contributed by atoms with Gasteiger partial charge in [-0.05, 0) is 11.6 Å². The second-order valence-corrected chi connectivity index (χ2v) is 7.21. The molecule has 10 heteroatoms. The highest BCUT2D eigenvalue weighted by Crippen LogP contribution is 2.23. The maximum absolute atomic E-state index is 5.71. The summed E-state index contributed by atoms with van der Waals surface area (Å²) in [7, 11) is 3.52. The van der Waals surface area contributed by atoms with E-state index in [2.05, 4.69) is 47.7 Å². The Morgan fingerprint density at radius 2 is 1.88 bits per heavy atom. The van der Waals surface area contributed by atoms with E-state index >= 15 is 0 Å². The van der Waals surface area contributed by atoms with Crippen molar-refractivity contribution in [3.8, 4) is 11.4 Å². The normalized spacial score (nSPS) is 12.2. The first-order valence-electron chi connectivity index (χ1n) is 10.1. The summed E-state index contributed by atoms with van der Waals surface area (Å²) < 4.78 is 9.26. The van der Waals surface area contributed by atoms with Crippen LogP contribution in [0.15, 0.2) is 67.3 Å². The van der Waals surface area contributed by atoms with Crippen LogP contribution in [-0.2, 0) is 18.2 Å². The van der Waals surface area contributed by atoms with Crippen molar-refractivity contribution in [1.29, 1.82) is 0 Å². The molecule has 1 aromatic carbocycles. The highest BCUT2D eigenvalue weighted by atomic mass is 16.5. The Morgan fingerprint density at radius 1 is 1.00 bits per heavy atom. The summed E-state index contributed by atoms with van der Waals surface area (Å²) in [6, 6.07) is 15.6. The first kappa shape index (κ1) is 19.8. The molecule has 32 heavy (non-hydrogen) atoms. The van der Waals surface area contributed by atoms with Crippen molar-refractivity contribution in [3.63, 3.8) is 0 Å². The van der Waals surface area contributed by atoms with Gasteiger partial charge in [0.15, 0.2) is 11.5 Å². The lowest BCUT2D eigenvalue weighted by Crippen LogP contribution is -2.10. The van der Waals surface area contributed by atoms with E-state index in [1.54, 1.807) is 36.6 Å². The van der Waals surface area contributed by atoms with Crippen LogP contribution in [0.3, 0.4) is 0 Å². The average molecular weight is 427 g/mol. The Hall–Kier alpha value is -4.18. The second-order valence-electron chi connectivity index (χ2n) is 7.21. The average Bonchev–Trinajstić information content (AvgIpc) is 3.44. The van der Waals surface area contributed by atoms with Crippen molar-refractivity contribution < 1.29 is 4.74 Å². The Labute approximate surface area is 184 Å². The molecule has 10 nitrogen and oxygen atoms in total. The zero-order valence-electron chi connectivity index (χ0n) is 17.6. The minimum absolute atomic E-state index is 0.242. The molecule has 4 heterocycles. The van der Waals surface area contributed by atoms with Gasteiger partial charge in [-0.25, -0.2) is 15.0 Å².